The molecule has 2 aromatic carbocycles. The Morgan fingerprint density at radius 2 is 1.67 bits per heavy atom. The summed E-state index contributed by atoms with van der Waals surface area (Å²) < 4.78 is 63.3. The number of halogens is 1. The molecule has 7 atom stereocenters. The lowest BCUT2D eigenvalue weighted by Crippen LogP contribution is -2.58. The number of nitrogens with one attached hydrogen (secondary N) is 6. The normalized spacial score (nSPS) is 19.3. The van der Waals surface area contributed by atoms with Crippen molar-refractivity contribution in [2.24, 2.45) is 11.7 Å². The highest BCUT2D eigenvalue weighted by atomic mass is 31.2. The van der Waals surface area contributed by atoms with E-state index in [0.717, 1.165) is 34.9 Å². The fourth-order valence-electron chi connectivity index (χ4n) is 10.8. The minimum atomic E-state index is -5.20. The Labute approximate surface area is 494 Å². The van der Waals surface area contributed by atoms with Crippen molar-refractivity contribution < 1.29 is 80.5 Å². The van der Waals surface area contributed by atoms with E-state index in [2.05, 4.69) is 31.9 Å². The van der Waals surface area contributed by atoms with E-state index in [1.807, 2.05) is 6.92 Å². The van der Waals surface area contributed by atoms with Crippen molar-refractivity contribution >= 4 is 65.9 Å². The lowest BCUT2D eigenvalue weighted by molar-refractivity contribution is -0.171. The van der Waals surface area contributed by atoms with Crippen LogP contribution in [0, 0.1) is 18.7 Å². The standard InChI is InChI=1S/C58H73FN9O17P/c1-6-20-80-23-24-81-21-18-46(69)64-44(27-47(70)63-42-17-22-82-55(42)75)52(72)67-49(31(3)4)53(73)66-41(12-9-19-61-57(60)77)51(71)62-34-15-13-33(14-16-34)29-84-86(78,79)85-58(7-2)39-25-45-50-37(28-68(45)54(74)38(39)30-83-56(58)76)36-11-8-10-35-32(5)40(59)26-43(65-50)48(35)36/h9,12-16,25-26,31,41-42,44,49,55,75H,6-8,10-11,17-24,27-30H2,1-5H3,(H,62,71)(H,63,70)(H,64,69)(H,66,73)(H,67,72)(H,78,79)(H3,60,61,77)/b12-9+/t41-,42-,44-,49-,55?,58-/m0/s1. The smallest absolute Gasteiger partial charge is 0.458 e. The van der Waals surface area contributed by atoms with Gasteiger partial charge < -0.3 is 71.1 Å². The summed E-state index contributed by atoms with van der Waals surface area (Å²) in [4.78, 5) is 124. The fraction of sp³-hybridized carbons (Fsp3) is 0.500. The summed E-state index contributed by atoms with van der Waals surface area (Å²) in [6.45, 7) is 8.70. The molecule has 26 nitrogen and oxygen atoms in total. The van der Waals surface area contributed by atoms with Crippen molar-refractivity contribution in [2.45, 2.75) is 142 Å². The number of aliphatic hydroxyl groups is 1. The van der Waals surface area contributed by atoms with Gasteiger partial charge in [-0.3, -0.25) is 37.8 Å². The van der Waals surface area contributed by atoms with Gasteiger partial charge in [0.05, 0.1) is 74.5 Å². The summed E-state index contributed by atoms with van der Waals surface area (Å²) in [7, 11) is -5.20. The molecule has 1 saturated heterocycles. The number of carbonyl (C=O) groups is 7. The molecular formula is C58H73FN9O17P. The Balaban J connectivity index is 0.929. The second kappa shape index (κ2) is 28.3. The maximum absolute atomic E-state index is 15.2. The van der Waals surface area contributed by atoms with E-state index in [4.69, 9.17) is 38.7 Å². The highest BCUT2D eigenvalue weighted by Gasteiger charge is 2.53. The summed E-state index contributed by atoms with van der Waals surface area (Å²) in [5.74, 6) is -6.00. The van der Waals surface area contributed by atoms with Gasteiger partial charge in [-0.1, -0.05) is 52.0 Å². The molecule has 4 aromatic rings. The average Bonchev–Trinajstić information content (AvgIpc) is 1.46. The minimum Gasteiger partial charge on any atom is -0.458 e. The van der Waals surface area contributed by atoms with Crippen LogP contribution < -0.4 is 43.2 Å². The van der Waals surface area contributed by atoms with Gasteiger partial charge in [0, 0.05) is 47.8 Å². The number of rotatable bonds is 28. The van der Waals surface area contributed by atoms with E-state index in [-0.39, 0.29) is 62.6 Å². The van der Waals surface area contributed by atoms with E-state index in [0.29, 0.717) is 60.5 Å². The number of benzene rings is 2. The summed E-state index contributed by atoms with van der Waals surface area (Å²) >= 11 is 0. The maximum Gasteiger partial charge on any atom is 0.473 e. The predicted molar refractivity (Wildman–Crippen MR) is 307 cm³/mol. The van der Waals surface area contributed by atoms with Gasteiger partial charge in [-0.2, -0.15) is 0 Å². The van der Waals surface area contributed by atoms with Crippen LogP contribution in [0.4, 0.5) is 14.9 Å². The van der Waals surface area contributed by atoms with Gasteiger partial charge in [-0.05, 0) is 91.8 Å². The number of ether oxygens (including phenoxy) is 4. The molecule has 0 saturated carbocycles. The highest BCUT2D eigenvalue weighted by molar-refractivity contribution is 7.47. The fourth-order valence-corrected chi connectivity index (χ4v) is 11.9. The first-order chi connectivity index (χ1) is 41.0. The number of urea groups is 1. The van der Waals surface area contributed by atoms with Gasteiger partial charge in [0.2, 0.25) is 29.2 Å². The van der Waals surface area contributed by atoms with Crippen molar-refractivity contribution in [2.75, 3.05) is 44.9 Å². The molecule has 0 bridgehead atoms. The Morgan fingerprint density at radius 3 is 2.36 bits per heavy atom. The third-order valence-electron chi connectivity index (χ3n) is 15.3. The SMILES string of the molecule is CCCOCCOCCC(=O)N[C@@H](CC(=O)N[C@H]1CCOC1O)C(=O)N[C@H](C(=O)N[C@@H](/C=C/CNC(N)=O)C(=O)Nc1ccc(COP(=O)(O)O[C@]2(CC)C(=O)OCc3c2cc2n(c3=O)Cc3c-2nc2cc(F)c(C)c4c2c3CCC4)cc1)C(C)C. The van der Waals surface area contributed by atoms with E-state index < -0.39 is 122 Å². The van der Waals surface area contributed by atoms with Crippen LogP contribution in [-0.2, 0) is 99.5 Å². The topological polar surface area (TPSA) is 365 Å². The first-order valence-corrected chi connectivity index (χ1v) is 30.0. The first kappa shape index (κ1) is 64.5. The van der Waals surface area contributed by atoms with Gasteiger partial charge in [-0.15, -0.1) is 0 Å². The lowest BCUT2D eigenvalue weighted by Gasteiger charge is -2.36. The number of primary amides is 1. The molecule has 2 aromatic heterocycles. The molecule has 86 heavy (non-hydrogen) atoms. The molecule has 3 aliphatic heterocycles. The van der Waals surface area contributed by atoms with Gasteiger partial charge in [0.1, 0.15) is 30.5 Å². The Bertz CT molecular complexity index is 3400. The molecule has 8 rings (SSSR count). The summed E-state index contributed by atoms with van der Waals surface area (Å²) in [6.07, 6.45) is 3.56. The third-order valence-corrected chi connectivity index (χ3v) is 16.3. The number of aliphatic hydroxyl groups excluding tert-OH is 1. The lowest BCUT2D eigenvalue weighted by atomic mass is 9.84. The molecule has 5 heterocycles. The molecule has 7 amide bonds. The van der Waals surface area contributed by atoms with Crippen molar-refractivity contribution in [1.82, 2.24) is 36.1 Å². The minimum absolute atomic E-state index is 0.00823. The van der Waals surface area contributed by atoms with E-state index in [9.17, 15) is 52.9 Å². The molecular weight excluding hydrogens is 1140 g/mol. The summed E-state index contributed by atoms with van der Waals surface area (Å²) in [6, 6.07) is 2.68. The number of nitrogens with zero attached hydrogens (tertiary/aromatic N) is 2. The molecule has 4 aliphatic rings. The number of carbonyl (C=O) groups excluding carboxylic acids is 7. The van der Waals surface area contributed by atoms with E-state index >= 15 is 4.39 Å². The van der Waals surface area contributed by atoms with Crippen LogP contribution >= 0.6 is 7.82 Å². The van der Waals surface area contributed by atoms with Gasteiger partial charge in [0.25, 0.3) is 11.5 Å². The summed E-state index contributed by atoms with van der Waals surface area (Å²) in [5, 5.41) is 26.3. The zero-order valence-corrected chi connectivity index (χ0v) is 49.3. The van der Waals surface area contributed by atoms with E-state index in [1.165, 1.54) is 54.0 Å². The first-order valence-electron chi connectivity index (χ1n) is 28.5. The number of hydrogen-bond donors (Lipinski definition) is 9. The molecule has 10 N–H and O–H groups in total. The highest BCUT2D eigenvalue weighted by Crippen LogP contribution is 2.54. The average molecular weight is 1220 g/mol. The van der Waals surface area contributed by atoms with Crippen LogP contribution in [0.2, 0.25) is 0 Å². The molecule has 28 heteroatoms. The van der Waals surface area contributed by atoms with Crippen LogP contribution in [0.15, 0.2) is 53.3 Å². The number of aromatic nitrogens is 2. The van der Waals surface area contributed by atoms with Crippen LogP contribution in [0.5, 0.6) is 0 Å². The van der Waals surface area contributed by atoms with Crippen molar-refractivity contribution in [3.05, 3.63) is 104 Å². The Kier molecular flexibility index (Phi) is 21.3. The number of amides is 7. The number of aryl methyl sites for hydroxylation is 2. The number of pyridine rings is 2. The second-order valence-corrected chi connectivity index (χ2v) is 23.0. The predicted octanol–water partition coefficient (Wildman–Crippen LogP) is 3.08. The zero-order valence-electron chi connectivity index (χ0n) is 48.4. The van der Waals surface area contributed by atoms with E-state index in [1.54, 1.807) is 26.8 Å². The number of anilines is 1. The monoisotopic (exact) mass is 1220 g/mol. The van der Waals surface area contributed by atoms with Gasteiger partial charge >= 0.3 is 19.8 Å². The van der Waals surface area contributed by atoms with Crippen LogP contribution in [0.1, 0.15) is 105 Å². The number of cyclic esters (lactones) is 1. The number of phosphoric acid groups is 1. The second-order valence-electron chi connectivity index (χ2n) is 21.6. The van der Waals surface area contributed by atoms with Crippen molar-refractivity contribution in [1.29, 1.82) is 0 Å². The largest absolute Gasteiger partial charge is 0.473 e. The van der Waals surface area contributed by atoms with Crippen LogP contribution in [-0.4, -0.2) is 131 Å². The Hall–Kier alpha value is -7.49. The summed E-state index contributed by atoms with van der Waals surface area (Å²) in [5.41, 5.74) is 7.34. The quantitative estimate of drug-likeness (QED) is 0.0150. The molecule has 464 valence electrons. The third kappa shape index (κ3) is 15.0. The molecule has 0 radical (unpaired) electrons. The van der Waals surface area contributed by atoms with Crippen molar-refractivity contribution in [3.8, 4) is 11.4 Å². The van der Waals surface area contributed by atoms with Gasteiger partial charge in [0.15, 0.2) is 6.29 Å². The number of phosphoric ester groups is 1. The molecule has 1 fully saturated rings. The number of nitrogens with two attached hydrogens (primary N) is 1. The number of fused-ring (bicyclic) bond motifs is 5. The van der Waals surface area contributed by atoms with Crippen molar-refractivity contribution in [3.63, 3.8) is 0 Å². The molecule has 2 unspecified atom stereocenters. The molecule has 0 spiro atoms. The van der Waals surface area contributed by atoms with Gasteiger partial charge in [-0.25, -0.2) is 23.5 Å². The number of hydrogen-bond acceptors (Lipinski definition) is 17. The molecule has 1 aliphatic carbocycles. The zero-order chi connectivity index (χ0) is 62.0. The van der Waals surface area contributed by atoms with Crippen LogP contribution in [0.25, 0.3) is 22.3 Å². The Morgan fingerprint density at radius 1 is 0.942 bits per heavy atom. The number of esters is 1. The maximum atomic E-state index is 15.2. The van der Waals surface area contributed by atoms with Crippen LogP contribution in [0.3, 0.4) is 0 Å².